The number of urea groups is 1. The molecule has 0 bridgehead atoms. The summed E-state index contributed by atoms with van der Waals surface area (Å²) in [6.45, 7) is 4.62. The Hall–Kier alpha value is -1.61. The number of ether oxygens (including phenoxy) is 1. The maximum Gasteiger partial charge on any atom is 0.341 e. The van der Waals surface area contributed by atoms with Crippen molar-refractivity contribution in [3.63, 3.8) is 0 Å². The fourth-order valence-corrected chi connectivity index (χ4v) is 8.53. The third kappa shape index (κ3) is 5.45. The van der Waals surface area contributed by atoms with Crippen LogP contribution >= 0.6 is 23.4 Å². The molecule has 0 heterocycles. The van der Waals surface area contributed by atoms with E-state index < -0.39 is 18.0 Å². The molecule has 1 unspecified atom stereocenters. The van der Waals surface area contributed by atoms with Crippen molar-refractivity contribution in [1.29, 1.82) is 0 Å². The number of allylic oxidation sites excluding steroid dienone is 1. The van der Waals surface area contributed by atoms with Gasteiger partial charge in [0, 0.05) is 17.7 Å². The van der Waals surface area contributed by atoms with Gasteiger partial charge in [-0.15, -0.1) is 16.5 Å². The Morgan fingerprint density at radius 3 is 2.70 bits per heavy atom. The van der Waals surface area contributed by atoms with E-state index in [9.17, 15) is 19.3 Å². The van der Waals surface area contributed by atoms with Gasteiger partial charge in [-0.2, -0.15) is 16.8 Å². The summed E-state index contributed by atoms with van der Waals surface area (Å²) < 4.78 is 6.17. The maximum atomic E-state index is 13.3. The Morgan fingerprint density at radius 2 is 2.00 bits per heavy atom. The molecule has 0 spiro atoms. The lowest BCUT2D eigenvalue weighted by Crippen LogP contribution is -2.53. The van der Waals surface area contributed by atoms with E-state index in [2.05, 4.69) is 24.5 Å². The molecular weight excluding hydrogens is 514 g/mol. The average Bonchev–Trinajstić information content (AvgIpc) is 3.21. The molecule has 10 heteroatoms. The van der Waals surface area contributed by atoms with E-state index in [0.717, 1.165) is 44.9 Å². The minimum atomic E-state index is -0.848. The lowest BCUT2D eigenvalue weighted by atomic mass is 9.47. The van der Waals surface area contributed by atoms with Crippen LogP contribution in [0, 0.1) is 33.5 Å². The highest BCUT2D eigenvalue weighted by Crippen LogP contribution is 2.65. The van der Waals surface area contributed by atoms with Gasteiger partial charge in [0.15, 0.2) is 5.78 Å². The molecule has 8 nitrogen and oxygen atoms in total. The Bertz CT molecular complexity index is 947. The van der Waals surface area contributed by atoms with Crippen molar-refractivity contribution < 1.29 is 19.1 Å². The molecule has 0 aliphatic heterocycles. The van der Waals surface area contributed by atoms with Crippen LogP contribution in [0.15, 0.2) is 16.9 Å². The SMILES string of the molecule is CSCC[C@H](NC(=O)N(CCCl)N=O)C(=O)O[C@H]1CC[C@H]2C3CCC4=CC(=O)CC[C@]4(C)[C@H]3CC[C@]12C. The molecule has 7 atom stereocenters. The highest BCUT2D eigenvalue weighted by molar-refractivity contribution is 7.98. The molecule has 3 saturated carbocycles. The maximum absolute atomic E-state index is 13.3. The molecule has 0 aromatic heterocycles. The Morgan fingerprint density at radius 1 is 1.22 bits per heavy atom. The number of esters is 1. The quantitative estimate of drug-likeness (QED) is 0.175. The summed E-state index contributed by atoms with van der Waals surface area (Å²) in [4.78, 5) is 49.0. The first-order chi connectivity index (χ1) is 17.7. The van der Waals surface area contributed by atoms with Gasteiger partial charge in [-0.05, 0) is 92.6 Å². The van der Waals surface area contributed by atoms with Crippen molar-refractivity contribution >= 4 is 41.1 Å². The molecule has 4 aliphatic carbocycles. The largest absolute Gasteiger partial charge is 0.460 e. The first-order valence-corrected chi connectivity index (χ1v) is 15.5. The van der Waals surface area contributed by atoms with Crippen LogP contribution in [0.5, 0.6) is 0 Å². The molecule has 0 radical (unpaired) electrons. The van der Waals surface area contributed by atoms with Crippen LogP contribution in [-0.2, 0) is 14.3 Å². The fourth-order valence-electron chi connectivity index (χ4n) is 7.89. The number of fused-ring (bicyclic) bond motifs is 5. The number of thioether (sulfide) groups is 1. The van der Waals surface area contributed by atoms with Crippen LogP contribution in [0.4, 0.5) is 4.79 Å². The van der Waals surface area contributed by atoms with Crippen molar-refractivity contribution in [3.8, 4) is 0 Å². The number of nitrogens with one attached hydrogen (secondary N) is 1. The number of nitrogens with zero attached hydrogens (tertiary/aromatic N) is 2. The van der Waals surface area contributed by atoms with Crippen LogP contribution in [0.25, 0.3) is 0 Å². The predicted octanol–water partition coefficient (Wildman–Crippen LogP) is 5.48. The number of hydrogen-bond donors (Lipinski definition) is 1. The molecule has 3 fully saturated rings. The Balaban J connectivity index is 1.45. The van der Waals surface area contributed by atoms with Crippen molar-refractivity contribution in [2.24, 2.45) is 33.9 Å². The number of rotatable bonds is 9. The number of carbonyl (C=O) groups excluding carboxylic acids is 3. The van der Waals surface area contributed by atoms with Crippen LogP contribution in [0.2, 0.25) is 0 Å². The Kier molecular flexibility index (Phi) is 8.94. The summed E-state index contributed by atoms with van der Waals surface area (Å²) in [6, 6.07) is -1.58. The number of amides is 2. The van der Waals surface area contributed by atoms with E-state index in [4.69, 9.17) is 16.3 Å². The molecule has 1 N–H and O–H groups in total. The van der Waals surface area contributed by atoms with Crippen LogP contribution in [0.1, 0.15) is 71.6 Å². The minimum Gasteiger partial charge on any atom is -0.460 e. The molecular formula is C27H40ClN3O5S. The van der Waals surface area contributed by atoms with Crippen molar-refractivity contribution in [3.05, 3.63) is 16.6 Å². The third-order valence-corrected chi connectivity index (χ3v) is 10.8. The smallest absolute Gasteiger partial charge is 0.341 e. The van der Waals surface area contributed by atoms with Crippen LogP contribution < -0.4 is 5.32 Å². The summed E-state index contributed by atoms with van der Waals surface area (Å²) in [5.41, 5.74) is 1.37. The number of carbonyl (C=O) groups is 3. The van der Waals surface area contributed by atoms with E-state index in [-0.39, 0.29) is 35.1 Å². The summed E-state index contributed by atoms with van der Waals surface area (Å²) in [5.74, 6) is 2.19. The zero-order chi connectivity index (χ0) is 26.8. The van der Waals surface area contributed by atoms with E-state index in [1.807, 2.05) is 12.3 Å². The molecule has 0 aromatic carbocycles. The lowest BCUT2D eigenvalue weighted by molar-refractivity contribution is -0.162. The number of nitroso groups, excluding NO2 is 1. The van der Waals surface area contributed by atoms with Gasteiger partial charge in [0.25, 0.3) is 0 Å². The average molecular weight is 554 g/mol. The molecule has 0 saturated heterocycles. The van der Waals surface area contributed by atoms with Gasteiger partial charge < -0.3 is 10.1 Å². The second-order valence-corrected chi connectivity index (χ2v) is 13.1. The number of alkyl halides is 1. The van der Waals surface area contributed by atoms with Crippen LogP contribution in [-0.4, -0.2) is 59.4 Å². The van der Waals surface area contributed by atoms with Gasteiger partial charge in [0.2, 0.25) is 0 Å². The van der Waals surface area contributed by atoms with Gasteiger partial charge in [0.05, 0.1) is 11.8 Å². The number of halogens is 1. The normalized spacial score (nSPS) is 35.4. The van der Waals surface area contributed by atoms with Gasteiger partial charge >= 0.3 is 12.0 Å². The summed E-state index contributed by atoms with van der Waals surface area (Å²) in [6.07, 6.45) is 11.7. The summed E-state index contributed by atoms with van der Waals surface area (Å²) >= 11 is 7.24. The Labute approximate surface area is 229 Å². The highest BCUT2D eigenvalue weighted by atomic mass is 35.5. The van der Waals surface area contributed by atoms with Crippen LogP contribution in [0.3, 0.4) is 0 Å². The molecule has 4 rings (SSSR count). The predicted molar refractivity (Wildman–Crippen MR) is 145 cm³/mol. The van der Waals surface area contributed by atoms with E-state index >= 15 is 0 Å². The molecule has 4 aliphatic rings. The van der Waals surface area contributed by atoms with E-state index in [1.54, 1.807) is 11.8 Å². The molecule has 2 amide bonds. The highest BCUT2D eigenvalue weighted by Gasteiger charge is 2.60. The molecule has 37 heavy (non-hydrogen) atoms. The topological polar surface area (TPSA) is 105 Å². The van der Waals surface area contributed by atoms with Crippen molar-refractivity contribution in [2.75, 3.05) is 24.4 Å². The first-order valence-electron chi connectivity index (χ1n) is 13.6. The van der Waals surface area contributed by atoms with Crippen molar-refractivity contribution in [1.82, 2.24) is 10.3 Å². The number of ketones is 1. The zero-order valence-electron chi connectivity index (χ0n) is 22.2. The van der Waals surface area contributed by atoms with Gasteiger partial charge in [-0.25, -0.2) is 9.59 Å². The monoisotopic (exact) mass is 553 g/mol. The number of hydrogen-bond acceptors (Lipinski definition) is 7. The molecule has 206 valence electrons. The first kappa shape index (κ1) is 28.4. The second-order valence-electron chi connectivity index (χ2n) is 11.7. The van der Waals surface area contributed by atoms with Gasteiger partial charge in [-0.3, -0.25) is 4.79 Å². The third-order valence-electron chi connectivity index (χ3n) is 9.96. The van der Waals surface area contributed by atoms with Gasteiger partial charge in [0.1, 0.15) is 12.1 Å². The minimum absolute atomic E-state index is 0.0316. The summed E-state index contributed by atoms with van der Waals surface area (Å²) in [5, 5.41) is 6.07. The standard InChI is InChI=1S/C27H40ClN3O5S/c1-26-11-8-18(32)16-17(26)4-5-19-20-6-7-23(27(20,2)12-9-21(19)26)36-24(33)22(10-15-37-3)29-25(34)31(30-35)14-13-28/h16,19-23H,4-15H2,1-3H3,(H,29,34)/t19?,20-,21-,22-,23-,26-,27-/m0/s1. The zero-order valence-corrected chi connectivity index (χ0v) is 23.7. The van der Waals surface area contributed by atoms with Crippen molar-refractivity contribution in [2.45, 2.75) is 83.8 Å². The fraction of sp³-hybridized carbons (Fsp3) is 0.815. The lowest BCUT2D eigenvalue weighted by Gasteiger charge is -2.57. The molecule has 0 aromatic rings. The van der Waals surface area contributed by atoms with E-state index in [0.29, 0.717) is 41.4 Å². The van der Waals surface area contributed by atoms with Gasteiger partial charge in [-0.1, -0.05) is 19.4 Å². The second kappa shape index (κ2) is 11.6. The summed E-state index contributed by atoms with van der Waals surface area (Å²) in [7, 11) is 0. The van der Waals surface area contributed by atoms with E-state index in [1.165, 1.54) is 5.57 Å².